The van der Waals surface area contributed by atoms with Crippen molar-refractivity contribution in [3.05, 3.63) is 101 Å². The van der Waals surface area contributed by atoms with E-state index in [1.165, 1.54) is 22.3 Å². The number of hydrogen-bond donors (Lipinski definition) is 0. The molecule has 1 unspecified atom stereocenters. The molecule has 0 N–H and O–H groups in total. The second-order valence-electron chi connectivity index (χ2n) is 8.44. The fourth-order valence-electron chi connectivity index (χ4n) is 5.17. The first-order valence-electron chi connectivity index (χ1n) is 10.9. The molecule has 0 spiro atoms. The molecule has 1 fully saturated rings. The van der Waals surface area contributed by atoms with Crippen LogP contribution in [0, 0.1) is 0 Å². The van der Waals surface area contributed by atoms with Gasteiger partial charge in [0.1, 0.15) is 12.4 Å². The molecular formula is C27H27NO2. The Kier molecular flexibility index (Phi) is 5.04. The Morgan fingerprint density at radius 2 is 1.60 bits per heavy atom. The Morgan fingerprint density at radius 1 is 0.867 bits per heavy atom. The van der Waals surface area contributed by atoms with Crippen LogP contribution in [-0.2, 0) is 29.8 Å². The third-order valence-electron chi connectivity index (χ3n) is 6.57. The maximum Gasteiger partial charge on any atom is 0.223 e. The molecule has 3 aromatic carbocycles. The summed E-state index contributed by atoms with van der Waals surface area (Å²) in [7, 11) is 0. The molecule has 30 heavy (non-hydrogen) atoms. The fraction of sp³-hybridized carbons (Fsp3) is 0.296. The summed E-state index contributed by atoms with van der Waals surface area (Å²) in [5.41, 5.74) is 4.84. The lowest BCUT2D eigenvalue weighted by molar-refractivity contribution is -0.143. The van der Waals surface area contributed by atoms with E-state index in [9.17, 15) is 4.79 Å². The van der Waals surface area contributed by atoms with Crippen molar-refractivity contribution in [2.24, 2.45) is 0 Å². The van der Waals surface area contributed by atoms with E-state index >= 15 is 0 Å². The highest BCUT2D eigenvalue weighted by Gasteiger charge is 2.46. The van der Waals surface area contributed by atoms with Gasteiger partial charge in [0.25, 0.3) is 0 Å². The van der Waals surface area contributed by atoms with E-state index in [1.807, 2.05) is 18.2 Å². The van der Waals surface area contributed by atoms with Crippen molar-refractivity contribution in [3.63, 3.8) is 0 Å². The Hall–Kier alpha value is -3.07. The van der Waals surface area contributed by atoms with Gasteiger partial charge in [-0.2, -0.15) is 0 Å². The first-order valence-corrected chi connectivity index (χ1v) is 10.9. The van der Waals surface area contributed by atoms with Gasteiger partial charge in [-0.05, 0) is 60.1 Å². The van der Waals surface area contributed by atoms with Gasteiger partial charge in [0, 0.05) is 13.0 Å². The number of piperidine rings is 1. The van der Waals surface area contributed by atoms with Crippen molar-refractivity contribution in [2.75, 3.05) is 6.54 Å². The molecule has 1 amide bonds. The van der Waals surface area contributed by atoms with Crippen LogP contribution in [0.25, 0.3) is 0 Å². The van der Waals surface area contributed by atoms with Gasteiger partial charge in [-0.25, -0.2) is 0 Å². The predicted octanol–water partition coefficient (Wildman–Crippen LogP) is 5.27. The van der Waals surface area contributed by atoms with Crippen molar-refractivity contribution < 1.29 is 9.53 Å². The average Bonchev–Trinajstić information content (AvgIpc) is 2.79. The van der Waals surface area contributed by atoms with E-state index in [0.717, 1.165) is 38.0 Å². The molecule has 2 aliphatic heterocycles. The maximum atomic E-state index is 12.9. The predicted molar refractivity (Wildman–Crippen MR) is 118 cm³/mol. The molecular weight excluding hydrogens is 370 g/mol. The van der Waals surface area contributed by atoms with E-state index in [4.69, 9.17) is 4.74 Å². The zero-order valence-electron chi connectivity index (χ0n) is 17.2. The fourth-order valence-corrected chi connectivity index (χ4v) is 5.17. The summed E-state index contributed by atoms with van der Waals surface area (Å²) in [5, 5.41) is 0. The molecule has 5 rings (SSSR count). The monoisotopic (exact) mass is 397 g/mol. The zero-order valence-corrected chi connectivity index (χ0v) is 17.2. The van der Waals surface area contributed by atoms with Crippen LogP contribution in [0.15, 0.2) is 78.9 Å². The molecule has 1 atom stereocenters. The third kappa shape index (κ3) is 3.49. The normalized spacial score (nSPS) is 20.4. The molecule has 3 nitrogen and oxygen atoms in total. The van der Waals surface area contributed by atoms with Crippen LogP contribution in [0.4, 0.5) is 0 Å². The summed E-state index contributed by atoms with van der Waals surface area (Å²) >= 11 is 0. The molecule has 0 saturated carbocycles. The number of benzene rings is 3. The van der Waals surface area contributed by atoms with Gasteiger partial charge >= 0.3 is 0 Å². The van der Waals surface area contributed by atoms with Crippen LogP contribution in [-0.4, -0.2) is 17.4 Å². The molecule has 2 heterocycles. The van der Waals surface area contributed by atoms with Crippen LogP contribution >= 0.6 is 0 Å². The number of hydrogen-bond acceptors (Lipinski definition) is 2. The molecule has 3 aromatic rings. The minimum absolute atomic E-state index is 0.234. The first kappa shape index (κ1) is 18.9. The minimum Gasteiger partial charge on any atom is -0.489 e. The standard InChI is InChI=1S/C27H27NO2/c29-26-12-7-16-27(19-21-8-3-1-4-9-21)25-14-13-24(18-23(25)15-17-28(26)27)30-20-22-10-5-2-6-11-22/h1-6,8-11,13-14,18H,7,12,15-17,19-20H2. The highest BCUT2D eigenvalue weighted by atomic mass is 16.5. The largest absolute Gasteiger partial charge is 0.489 e. The molecule has 0 aromatic heterocycles. The molecule has 2 aliphatic rings. The zero-order chi connectivity index (χ0) is 20.4. The van der Waals surface area contributed by atoms with Gasteiger partial charge in [-0.3, -0.25) is 4.79 Å². The lowest BCUT2D eigenvalue weighted by Gasteiger charge is -2.51. The molecule has 0 radical (unpaired) electrons. The summed E-state index contributed by atoms with van der Waals surface area (Å²) in [6.45, 7) is 1.36. The summed E-state index contributed by atoms with van der Waals surface area (Å²) in [6, 6.07) is 27.3. The van der Waals surface area contributed by atoms with Gasteiger partial charge in [0.2, 0.25) is 5.91 Å². The van der Waals surface area contributed by atoms with Crippen molar-refractivity contribution >= 4 is 5.91 Å². The van der Waals surface area contributed by atoms with Gasteiger partial charge < -0.3 is 9.64 Å². The molecule has 0 aliphatic carbocycles. The van der Waals surface area contributed by atoms with Crippen LogP contribution in [0.5, 0.6) is 5.75 Å². The van der Waals surface area contributed by atoms with Crippen LogP contribution < -0.4 is 4.74 Å². The summed E-state index contributed by atoms with van der Waals surface area (Å²) in [6.07, 6.45) is 4.40. The SMILES string of the molecule is O=C1CCCC2(Cc3ccccc3)c3ccc(OCc4ccccc4)cc3CCN12. The third-order valence-corrected chi connectivity index (χ3v) is 6.57. The Balaban J connectivity index is 1.47. The molecule has 1 saturated heterocycles. The first-order chi connectivity index (χ1) is 14.7. The molecule has 152 valence electrons. The van der Waals surface area contributed by atoms with Crippen molar-refractivity contribution in [3.8, 4) is 5.75 Å². The van der Waals surface area contributed by atoms with Gasteiger partial charge in [-0.15, -0.1) is 0 Å². The highest BCUT2D eigenvalue weighted by Crippen LogP contribution is 2.46. The number of fused-ring (bicyclic) bond motifs is 3. The second-order valence-corrected chi connectivity index (χ2v) is 8.44. The van der Waals surface area contributed by atoms with E-state index in [1.54, 1.807) is 0 Å². The van der Waals surface area contributed by atoms with Gasteiger partial charge in [0.15, 0.2) is 0 Å². The number of nitrogens with zero attached hydrogens (tertiary/aromatic N) is 1. The lowest BCUT2D eigenvalue weighted by atomic mass is 9.71. The van der Waals surface area contributed by atoms with Crippen LogP contribution in [0.2, 0.25) is 0 Å². The highest BCUT2D eigenvalue weighted by molar-refractivity contribution is 5.79. The lowest BCUT2D eigenvalue weighted by Crippen LogP contribution is -2.57. The quantitative estimate of drug-likeness (QED) is 0.587. The number of ether oxygens (including phenoxy) is 1. The number of carbonyl (C=O) groups is 1. The van der Waals surface area contributed by atoms with Crippen LogP contribution in [0.1, 0.15) is 41.5 Å². The number of rotatable bonds is 5. The molecule has 0 bridgehead atoms. The van der Waals surface area contributed by atoms with Gasteiger partial charge in [0.05, 0.1) is 5.54 Å². The second kappa shape index (κ2) is 7.98. The Morgan fingerprint density at radius 3 is 2.37 bits per heavy atom. The summed E-state index contributed by atoms with van der Waals surface area (Å²) in [4.78, 5) is 15.0. The number of amides is 1. The average molecular weight is 398 g/mol. The maximum absolute atomic E-state index is 12.9. The van der Waals surface area contributed by atoms with Crippen LogP contribution in [0.3, 0.4) is 0 Å². The Labute approximate surface area is 178 Å². The van der Waals surface area contributed by atoms with E-state index in [0.29, 0.717) is 18.9 Å². The topological polar surface area (TPSA) is 29.5 Å². The smallest absolute Gasteiger partial charge is 0.223 e. The molecule has 3 heteroatoms. The van der Waals surface area contributed by atoms with E-state index < -0.39 is 0 Å². The van der Waals surface area contributed by atoms with Crippen molar-refractivity contribution in [2.45, 2.75) is 44.2 Å². The van der Waals surface area contributed by atoms with Gasteiger partial charge in [-0.1, -0.05) is 66.7 Å². The summed E-state index contributed by atoms with van der Waals surface area (Å²) < 4.78 is 6.09. The van der Waals surface area contributed by atoms with Crippen molar-refractivity contribution in [1.29, 1.82) is 0 Å². The van der Waals surface area contributed by atoms with E-state index in [2.05, 4.69) is 65.6 Å². The van der Waals surface area contributed by atoms with Crippen molar-refractivity contribution in [1.82, 2.24) is 4.90 Å². The summed E-state index contributed by atoms with van der Waals surface area (Å²) in [5.74, 6) is 1.20. The number of carbonyl (C=O) groups excluding carboxylic acids is 1. The van der Waals surface area contributed by atoms with E-state index in [-0.39, 0.29) is 5.54 Å². The minimum atomic E-state index is -0.234. The Bertz CT molecular complexity index is 1030.